The third kappa shape index (κ3) is 4.85. The predicted molar refractivity (Wildman–Crippen MR) is 126 cm³/mol. The van der Waals surface area contributed by atoms with Gasteiger partial charge in [0.05, 0.1) is 11.4 Å². The Morgan fingerprint density at radius 2 is 1.85 bits per heavy atom. The molecule has 0 aliphatic carbocycles. The van der Waals surface area contributed by atoms with Gasteiger partial charge in [-0.2, -0.15) is 10.4 Å². The van der Waals surface area contributed by atoms with Crippen molar-refractivity contribution in [3.8, 4) is 11.8 Å². The number of ketones is 1. The SMILES string of the molecule is C=CCn1c(C)cc(C(=O)COC(=O)/C(C#N)=C/c2c(C)nn(-c3ccccc3)c2C)c1C. The number of aromatic nitrogens is 3. The van der Waals surface area contributed by atoms with E-state index in [0.29, 0.717) is 23.4 Å². The summed E-state index contributed by atoms with van der Waals surface area (Å²) in [6.07, 6.45) is 3.21. The molecule has 33 heavy (non-hydrogen) atoms. The molecule has 3 aromatic rings. The van der Waals surface area contributed by atoms with E-state index in [4.69, 9.17) is 4.74 Å². The molecular weight excluding hydrogens is 416 g/mol. The maximum Gasteiger partial charge on any atom is 0.349 e. The van der Waals surface area contributed by atoms with Gasteiger partial charge in [-0.25, -0.2) is 9.48 Å². The number of nitriles is 1. The molecule has 0 saturated carbocycles. The van der Waals surface area contributed by atoms with Crippen LogP contribution in [-0.2, 0) is 16.1 Å². The average Bonchev–Trinajstić information content (AvgIpc) is 3.26. The van der Waals surface area contributed by atoms with Gasteiger partial charge in [0.1, 0.15) is 11.6 Å². The number of rotatable bonds is 8. The summed E-state index contributed by atoms with van der Waals surface area (Å²) < 4.78 is 8.89. The van der Waals surface area contributed by atoms with Crippen molar-refractivity contribution in [2.45, 2.75) is 34.2 Å². The van der Waals surface area contributed by atoms with Crippen LogP contribution >= 0.6 is 0 Å². The van der Waals surface area contributed by atoms with Crippen LogP contribution in [0.5, 0.6) is 0 Å². The number of esters is 1. The van der Waals surface area contributed by atoms with Gasteiger partial charge < -0.3 is 9.30 Å². The summed E-state index contributed by atoms with van der Waals surface area (Å²) in [4.78, 5) is 25.2. The van der Waals surface area contributed by atoms with Crippen molar-refractivity contribution in [2.24, 2.45) is 0 Å². The lowest BCUT2D eigenvalue weighted by Gasteiger charge is -2.07. The first-order chi connectivity index (χ1) is 15.8. The molecular formula is C26H26N4O3. The molecule has 0 saturated heterocycles. The van der Waals surface area contributed by atoms with Crippen molar-refractivity contribution in [1.82, 2.24) is 14.3 Å². The second-order valence-corrected chi connectivity index (χ2v) is 7.69. The number of hydrogen-bond donors (Lipinski definition) is 0. The molecule has 0 unspecified atom stereocenters. The van der Waals surface area contributed by atoms with Gasteiger partial charge in [0.2, 0.25) is 5.78 Å². The summed E-state index contributed by atoms with van der Waals surface area (Å²) in [5, 5.41) is 14.1. The van der Waals surface area contributed by atoms with Crippen molar-refractivity contribution in [1.29, 1.82) is 5.26 Å². The molecule has 0 aliphatic heterocycles. The number of benzene rings is 1. The Morgan fingerprint density at radius 1 is 1.15 bits per heavy atom. The molecule has 3 rings (SSSR count). The summed E-state index contributed by atoms with van der Waals surface area (Å²) in [6, 6.07) is 13.2. The number of hydrogen-bond acceptors (Lipinski definition) is 5. The fourth-order valence-corrected chi connectivity index (χ4v) is 3.75. The van der Waals surface area contributed by atoms with Crippen LogP contribution in [0.1, 0.15) is 38.7 Å². The molecule has 1 aromatic carbocycles. The first-order valence-corrected chi connectivity index (χ1v) is 10.5. The zero-order valence-corrected chi connectivity index (χ0v) is 19.3. The molecule has 7 heteroatoms. The maximum absolute atomic E-state index is 12.6. The molecule has 7 nitrogen and oxygen atoms in total. The number of nitrogens with zero attached hydrogens (tertiary/aromatic N) is 4. The number of carbonyl (C=O) groups excluding carboxylic acids is 2. The molecule has 168 valence electrons. The minimum atomic E-state index is -0.850. The minimum absolute atomic E-state index is 0.196. The first-order valence-electron chi connectivity index (χ1n) is 10.5. The Morgan fingerprint density at radius 3 is 2.48 bits per heavy atom. The largest absolute Gasteiger partial charge is 0.453 e. The standard InChI is InChI=1S/C26H26N4O3/c1-6-12-29-17(2)13-24(19(29)4)25(31)16-33-26(32)21(15-27)14-23-18(3)28-30(20(23)5)22-10-8-7-9-11-22/h6-11,13-14H,1,12,16H2,2-5H3/b21-14+. The van der Waals surface area contributed by atoms with Crippen LogP contribution in [0.2, 0.25) is 0 Å². The molecule has 0 N–H and O–H groups in total. The Hall–Kier alpha value is -4.18. The molecule has 0 radical (unpaired) electrons. The van der Waals surface area contributed by atoms with Gasteiger partial charge in [-0.15, -0.1) is 6.58 Å². The van der Waals surface area contributed by atoms with Crippen LogP contribution in [0, 0.1) is 39.0 Å². The lowest BCUT2D eigenvalue weighted by Crippen LogP contribution is -2.16. The highest BCUT2D eigenvalue weighted by Gasteiger charge is 2.20. The van der Waals surface area contributed by atoms with Crippen LogP contribution < -0.4 is 0 Å². The van der Waals surface area contributed by atoms with Gasteiger partial charge in [0.15, 0.2) is 6.61 Å². The van der Waals surface area contributed by atoms with Gasteiger partial charge in [-0.05, 0) is 52.0 Å². The monoisotopic (exact) mass is 442 g/mol. The van der Waals surface area contributed by atoms with Crippen LogP contribution in [0.3, 0.4) is 0 Å². The summed E-state index contributed by atoms with van der Waals surface area (Å²) in [5.41, 5.74) is 4.97. The number of ether oxygens (including phenoxy) is 1. The highest BCUT2D eigenvalue weighted by atomic mass is 16.5. The van der Waals surface area contributed by atoms with E-state index in [9.17, 15) is 14.9 Å². The maximum atomic E-state index is 12.6. The number of allylic oxidation sites excluding steroid dienone is 1. The first kappa shape index (κ1) is 23.5. The predicted octanol–water partition coefficient (Wildman–Crippen LogP) is 4.43. The second-order valence-electron chi connectivity index (χ2n) is 7.69. The summed E-state index contributed by atoms with van der Waals surface area (Å²) in [5.74, 6) is -1.18. The van der Waals surface area contributed by atoms with E-state index < -0.39 is 12.6 Å². The van der Waals surface area contributed by atoms with Gasteiger partial charge >= 0.3 is 5.97 Å². The molecule has 0 atom stereocenters. The molecule has 0 bridgehead atoms. The summed E-state index contributed by atoms with van der Waals surface area (Å²) in [6.45, 7) is 11.3. The van der Waals surface area contributed by atoms with Crippen molar-refractivity contribution in [2.75, 3.05) is 6.61 Å². The quantitative estimate of drug-likeness (QED) is 0.169. The fourth-order valence-electron chi connectivity index (χ4n) is 3.75. The third-order valence-electron chi connectivity index (χ3n) is 5.50. The number of aryl methyl sites for hydroxylation is 2. The van der Waals surface area contributed by atoms with Crippen molar-refractivity contribution in [3.05, 3.63) is 88.5 Å². The van der Waals surface area contributed by atoms with Crippen molar-refractivity contribution < 1.29 is 14.3 Å². The van der Waals surface area contributed by atoms with Crippen LogP contribution in [0.15, 0.2) is 54.6 Å². The zero-order chi connectivity index (χ0) is 24.1. The summed E-state index contributed by atoms with van der Waals surface area (Å²) in [7, 11) is 0. The lowest BCUT2D eigenvalue weighted by molar-refractivity contribution is -0.137. The Labute approximate surface area is 193 Å². The van der Waals surface area contributed by atoms with E-state index in [1.165, 1.54) is 6.08 Å². The fraction of sp³-hybridized carbons (Fsp3) is 0.231. The van der Waals surface area contributed by atoms with Crippen LogP contribution in [-0.4, -0.2) is 32.7 Å². The minimum Gasteiger partial charge on any atom is -0.453 e. The highest BCUT2D eigenvalue weighted by molar-refractivity contribution is 6.02. The third-order valence-corrected chi connectivity index (χ3v) is 5.50. The normalized spacial score (nSPS) is 11.2. The van der Waals surface area contributed by atoms with Crippen LogP contribution in [0.25, 0.3) is 11.8 Å². The average molecular weight is 443 g/mol. The number of para-hydroxylation sites is 1. The van der Waals surface area contributed by atoms with Gasteiger partial charge in [0.25, 0.3) is 0 Å². The molecule has 0 spiro atoms. The van der Waals surface area contributed by atoms with Gasteiger partial charge in [0, 0.05) is 34.8 Å². The van der Waals surface area contributed by atoms with E-state index in [1.54, 1.807) is 23.7 Å². The van der Waals surface area contributed by atoms with Gasteiger partial charge in [-0.3, -0.25) is 4.79 Å². The van der Waals surface area contributed by atoms with E-state index in [-0.39, 0.29) is 11.4 Å². The van der Waals surface area contributed by atoms with E-state index in [1.807, 2.05) is 61.7 Å². The summed E-state index contributed by atoms with van der Waals surface area (Å²) >= 11 is 0. The molecule has 0 fully saturated rings. The van der Waals surface area contributed by atoms with E-state index in [2.05, 4.69) is 11.7 Å². The number of Topliss-reactive ketones (excluding diaryl/α,β-unsaturated/α-hetero) is 1. The van der Waals surface area contributed by atoms with Crippen molar-refractivity contribution in [3.63, 3.8) is 0 Å². The Bertz CT molecular complexity index is 1290. The zero-order valence-electron chi connectivity index (χ0n) is 19.3. The molecule has 0 amide bonds. The topological polar surface area (TPSA) is 89.9 Å². The van der Waals surface area contributed by atoms with Crippen molar-refractivity contribution >= 4 is 17.8 Å². The van der Waals surface area contributed by atoms with Crippen LogP contribution in [0.4, 0.5) is 0 Å². The van der Waals surface area contributed by atoms with Gasteiger partial charge in [-0.1, -0.05) is 24.3 Å². The highest BCUT2D eigenvalue weighted by Crippen LogP contribution is 2.21. The molecule has 0 aliphatic rings. The Kier molecular flexibility index (Phi) is 7.09. The second kappa shape index (κ2) is 9.96. The molecule has 2 aromatic heterocycles. The lowest BCUT2D eigenvalue weighted by atomic mass is 10.1. The molecule has 2 heterocycles. The van der Waals surface area contributed by atoms with E-state index >= 15 is 0 Å². The number of carbonyl (C=O) groups is 2. The smallest absolute Gasteiger partial charge is 0.349 e. The Balaban J connectivity index is 1.78. The van der Waals surface area contributed by atoms with E-state index in [0.717, 1.165) is 22.8 Å².